The average Bonchev–Trinajstić information content (AvgIpc) is 2.87. The zero-order chi connectivity index (χ0) is 20.4. The monoisotopic (exact) mass is 383 g/mol. The summed E-state index contributed by atoms with van der Waals surface area (Å²) in [7, 11) is 0.387. The lowest BCUT2D eigenvalue weighted by atomic mass is 9.96. The van der Waals surface area contributed by atoms with Gasteiger partial charge in [0, 0.05) is 23.6 Å². The predicted octanol–water partition coefficient (Wildman–Crippen LogP) is 7.24. The Morgan fingerprint density at radius 3 is 2.44 bits per heavy atom. The van der Waals surface area contributed by atoms with E-state index in [0.29, 0.717) is 6.61 Å². The molecule has 0 amide bonds. The van der Waals surface area contributed by atoms with Crippen LogP contribution in [0.5, 0.6) is 0 Å². The molecule has 1 aromatic carbocycles. The zero-order valence-electron chi connectivity index (χ0n) is 18.4. The molecule has 3 heteroatoms. The molecule has 0 saturated heterocycles. The lowest BCUT2D eigenvalue weighted by Gasteiger charge is -2.36. The number of nitrogens with zero attached hydrogens (tertiary/aromatic N) is 1. The number of aromatic nitrogens is 1. The van der Waals surface area contributed by atoms with Crippen LogP contribution >= 0.6 is 0 Å². The third-order valence-electron chi connectivity index (χ3n) is 6.07. The van der Waals surface area contributed by atoms with Gasteiger partial charge in [0.05, 0.1) is 6.61 Å². The minimum absolute atomic E-state index is 0.225. The molecule has 2 aromatic rings. The van der Waals surface area contributed by atoms with E-state index in [-0.39, 0.29) is 5.04 Å². The van der Waals surface area contributed by atoms with Crippen LogP contribution in [0.3, 0.4) is 0 Å². The van der Waals surface area contributed by atoms with Crippen LogP contribution in [0, 0.1) is 0 Å². The van der Waals surface area contributed by atoms with Crippen LogP contribution in [0.2, 0.25) is 18.1 Å². The summed E-state index contributed by atoms with van der Waals surface area (Å²) in [5, 5.41) is 1.52. The molecule has 0 spiro atoms. The van der Waals surface area contributed by atoms with Crippen LogP contribution in [-0.2, 0) is 24.5 Å². The Bertz CT molecular complexity index is 836. The van der Waals surface area contributed by atoms with Gasteiger partial charge in [0.1, 0.15) is 0 Å². The maximum atomic E-state index is 6.47. The van der Waals surface area contributed by atoms with Gasteiger partial charge in [0.25, 0.3) is 0 Å². The highest BCUT2D eigenvalue weighted by Crippen LogP contribution is 2.37. The Labute approximate surface area is 167 Å². The first kappa shape index (κ1) is 21.7. The largest absolute Gasteiger partial charge is 0.411 e. The van der Waals surface area contributed by atoms with E-state index in [1.807, 2.05) is 6.08 Å². The van der Waals surface area contributed by atoms with Crippen LogP contribution in [0.4, 0.5) is 0 Å². The minimum atomic E-state index is -1.76. The number of unbranched alkanes of at least 4 members (excludes halogenated alkanes) is 1. The predicted molar refractivity (Wildman–Crippen MR) is 123 cm³/mol. The van der Waals surface area contributed by atoms with E-state index in [1.165, 1.54) is 27.7 Å². The van der Waals surface area contributed by atoms with Crippen molar-refractivity contribution in [1.82, 2.24) is 4.57 Å². The molecule has 0 radical (unpaired) electrons. The summed E-state index contributed by atoms with van der Waals surface area (Å²) in [6.07, 6.45) is 5.24. The van der Waals surface area contributed by atoms with Crippen LogP contribution in [0.25, 0.3) is 16.5 Å². The average molecular weight is 384 g/mol. The maximum absolute atomic E-state index is 6.47. The second-order valence-electron chi connectivity index (χ2n) is 9.27. The first-order valence-electron chi connectivity index (χ1n) is 10.00. The first-order valence-corrected chi connectivity index (χ1v) is 12.9. The van der Waals surface area contributed by atoms with Crippen molar-refractivity contribution < 1.29 is 4.43 Å². The molecule has 0 N–H and O–H groups in total. The summed E-state index contributed by atoms with van der Waals surface area (Å²) in [6.45, 7) is 22.3. The van der Waals surface area contributed by atoms with Gasteiger partial charge in [-0.25, -0.2) is 0 Å². The van der Waals surface area contributed by atoms with E-state index in [0.717, 1.165) is 24.8 Å². The Morgan fingerprint density at radius 1 is 1.22 bits per heavy atom. The molecule has 0 saturated carbocycles. The SMILES string of the molecule is C=CCCCc1cc2cc(CO[Si](C)(C)C(C)(C)C)n(C)c2cc1C(=C)C. The van der Waals surface area contributed by atoms with Crippen molar-refractivity contribution in [1.29, 1.82) is 0 Å². The van der Waals surface area contributed by atoms with Gasteiger partial charge >= 0.3 is 0 Å². The number of aryl methyl sites for hydroxylation is 2. The number of fused-ring (bicyclic) bond motifs is 1. The third kappa shape index (κ3) is 4.83. The van der Waals surface area contributed by atoms with Crippen LogP contribution in [0.1, 0.15) is 57.4 Å². The van der Waals surface area contributed by atoms with E-state index in [4.69, 9.17) is 4.43 Å². The number of benzene rings is 1. The number of allylic oxidation sites excluding steroid dienone is 2. The van der Waals surface area contributed by atoms with E-state index in [1.54, 1.807) is 0 Å². The van der Waals surface area contributed by atoms with Gasteiger partial charge in [-0.2, -0.15) is 0 Å². The molecular formula is C24H37NOSi. The topological polar surface area (TPSA) is 14.2 Å². The molecule has 1 aromatic heterocycles. The van der Waals surface area contributed by atoms with Gasteiger partial charge in [0.2, 0.25) is 0 Å². The highest BCUT2D eigenvalue weighted by Gasteiger charge is 2.37. The quantitative estimate of drug-likeness (QED) is 0.266. The smallest absolute Gasteiger partial charge is 0.192 e. The summed E-state index contributed by atoms with van der Waals surface area (Å²) in [5.41, 5.74) is 6.30. The van der Waals surface area contributed by atoms with Crippen LogP contribution in [-0.4, -0.2) is 12.9 Å². The highest BCUT2D eigenvalue weighted by molar-refractivity contribution is 6.74. The number of hydrogen-bond acceptors (Lipinski definition) is 1. The Kier molecular flexibility index (Phi) is 6.59. The molecular weight excluding hydrogens is 346 g/mol. The Balaban J connectivity index is 2.37. The number of rotatable bonds is 8. The summed E-state index contributed by atoms with van der Waals surface area (Å²) in [6, 6.07) is 6.94. The molecule has 0 aliphatic rings. The molecule has 0 aliphatic heterocycles. The van der Waals surface area contributed by atoms with E-state index in [9.17, 15) is 0 Å². The minimum Gasteiger partial charge on any atom is -0.411 e. The standard InChI is InChI=1S/C24H37NOSi/c1-10-11-12-13-19-14-20-15-21(17-26-27(8,9)24(4,5)6)25(7)23(20)16-22(19)18(2)3/h10,14-16H,1-2,11-13,17H2,3-9H3. The van der Waals surface area contributed by atoms with E-state index < -0.39 is 8.32 Å². The van der Waals surface area contributed by atoms with Gasteiger partial charge in [-0.15, -0.1) is 6.58 Å². The molecule has 0 unspecified atom stereocenters. The summed E-state index contributed by atoms with van der Waals surface area (Å²) in [4.78, 5) is 0. The van der Waals surface area contributed by atoms with Gasteiger partial charge in [-0.3, -0.25) is 0 Å². The van der Waals surface area contributed by atoms with Gasteiger partial charge in [-0.05, 0) is 73.6 Å². The van der Waals surface area contributed by atoms with Crippen molar-refractivity contribution in [2.75, 3.05) is 0 Å². The molecule has 2 nitrogen and oxygen atoms in total. The van der Waals surface area contributed by atoms with E-state index in [2.05, 4.69) is 83.8 Å². The Morgan fingerprint density at radius 2 is 1.89 bits per heavy atom. The van der Waals surface area contributed by atoms with Gasteiger partial charge < -0.3 is 8.99 Å². The van der Waals surface area contributed by atoms with Gasteiger partial charge in [-0.1, -0.05) is 39.0 Å². The van der Waals surface area contributed by atoms with Crippen molar-refractivity contribution in [3.63, 3.8) is 0 Å². The lowest BCUT2D eigenvalue weighted by molar-refractivity contribution is 0.269. The van der Waals surface area contributed by atoms with Crippen molar-refractivity contribution in [3.8, 4) is 0 Å². The molecule has 0 atom stereocenters. The van der Waals surface area contributed by atoms with Crippen molar-refractivity contribution in [2.24, 2.45) is 7.05 Å². The molecule has 0 aliphatic carbocycles. The molecule has 0 bridgehead atoms. The Hall–Kier alpha value is -1.58. The maximum Gasteiger partial charge on any atom is 0.192 e. The molecule has 0 fully saturated rings. The highest BCUT2D eigenvalue weighted by atomic mass is 28.4. The molecule has 1 heterocycles. The van der Waals surface area contributed by atoms with Crippen molar-refractivity contribution in [3.05, 3.63) is 54.3 Å². The third-order valence-corrected chi connectivity index (χ3v) is 10.5. The second kappa shape index (κ2) is 8.20. The summed E-state index contributed by atoms with van der Waals surface area (Å²) < 4.78 is 8.75. The number of hydrogen-bond donors (Lipinski definition) is 0. The molecule has 2 rings (SSSR count). The summed E-state index contributed by atoms with van der Waals surface area (Å²) >= 11 is 0. The van der Waals surface area contributed by atoms with Crippen LogP contribution in [0.15, 0.2) is 37.4 Å². The van der Waals surface area contributed by atoms with E-state index >= 15 is 0 Å². The summed E-state index contributed by atoms with van der Waals surface area (Å²) in [5.74, 6) is 0. The molecule has 148 valence electrons. The second-order valence-corrected chi connectivity index (χ2v) is 14.1. The fourth-order valence-electron chi connectivity index (χ4n) is 3.14. The fourth-order valence-corrected chi connectivity index (χ4v) is 4.08. The van der Waals surface area contributed by atoms with Gasteiger partial charge in [0.15, 0.2) is 8.32 Å². The van der Waals surface area contributed by atoms with Crippen molar-refractivity contribution >= 4 is 24.8 Å². The molecule has 27 heavy (non-hydrogen) atoms. The van der Waals surface area contributed by atoms with Crippen LogP contribution < -0.4 is 0 Å². The normalized spacial score (nSPS) is 12.6. The van der Waals surface area contributed by atoms with Crippen molar-refractivity contribution in [2.45, 2.75) is 71.7 Å². The lowest BCUT2D eigenvalue weighted by Crippen LogP contribution is -2.40. The first-order chi connectivity index (χ1) is 12.5. The zero-order valence-corrected chi connectivity index (χ0v) is 19.4. The fraction of sp³-hybridized carbons (Fsp3) is 0.500.